The Balaban J connectivity index is 1.56. The molecule has 1 aliphatic heterocycles. The molecule has 0 atom stereocenters. The van der Waals surface area contributed by atoms with Crippen molar-refractivity contribution < 1.29 is 14.1 Å². The fourth-order valence-corrected chi connectivity index (χ4v) is 3.80. The summed E-state index contributed by atoms with van der Waals surface area (Å²) >= 11 is 5.32. The summed E-state index contributed by atoms with van der Waals surface area (Å²) in [6.45, 7) is 5.26. The van der Waals surface area contributed by atoms with Crippen molar-refractivity contribution in [3.63, 3.8) is 0 Å². The first-order valence-corrected chi connectivity index (χ1v) is 9.71. The third-order valence-electron chi connectivity index (χ3n) is 4.91. The predicted octanol–water partition coefficient (Wildman–Crippen LogP) is 2.35. The molecule has 1 amide bonds. The third kappa shape index (κ3) is 3.61. The van der Waals surface area contributed by atoms with Gasteiger partial charge in [-0.15, -0.1) is 0 Å². The Morgan fingerprint density at radius 2 is 2.00 bits per heavy atom. The second-order valence-electron chi connectivity index (χ2n) is 7.14. The molecule has 11 nitrogen and oxygen atoms in total. The van der Waals surface area contributed by atoms with Crippen LogP contribution in [0.2, 0.25) is 0 Å². The molecule has 4 rings (SSSR count). The number of carbonyl (C=O) groups excluding carboxylic acids is 1. The van der Waals surface area contributed by atoms with Gasteiger partial charge in [-0.05, 0) is 45.1 Å². The molecule has 3 aromatic rings. The number of hydrogen-bond donors (Lipinski definition) is 1. The minimum atomic E-state index is -0.442. The minimum absolute atomic E-state index is 0.00560. The number of nitrogens with zero attached hydrogens (tertiary/aromatic N) is 6. The van der Waals surface area contributed by atoms with E-state index in [-0.39, 0.29) is 28.9 Å². The number of thiocarbonyl (C=S) groups is 1. The number of nitro groups is 1. The van der Waals surface area contributed by atoms with Crippen LogP contribution in [0, 0.1) is 30.9 Å². The van der Waals surface area contributed by atoms with E-state index in [0.717, 1.165) is 0 Å². The van der Waals surface area contributed by atoms with Crippen LogP contribution in [-0.2, 0) is 18.4 Å². The number of aryl methyl sites for hydroxylation is 3. The molecule has 3 aromatic heterocycles. The fraction of sp³-hybridized carbons (Fsp3) is 0.263. The van der Waals surface area contributed by atoms with Crippen LogP contribution in [0.25, 0.3) is 6.08 Å². The summed E-state index contributed by atoms with van der Waals surface area (Å²) in [6.07, 6.45) is 3.29. The van der Waals surface area contributed by atoms with Gasteiger partial charge in [-0.3, -0.25) is 24.3 Å². The molecule has 1 N–H and O–H groups in total. The molecule has 0 spiro atoms. The lowest BCUT2D eigenvalue weighted by atomic mass is 10.3. The third-order valence-corrected chi connectivity index (χ3v) is 5.19. The molecule has 160 valence electrons. The Labute approximate surface area is 182 Å². The van der Waals surface area contributed by atoms with Gasteiger partial charge in [-0.25, -0.2) is 4.90 Å². The molecular weight excluding hydrogens is 422 g/mol. The van der Waals surface area contributed by atoms with Crippen LogP contribution in [0.15, 0.2) is 28.4 Å². The van der Waals surface area contributed by atoms with Crippen molar-refractivity contribution in [2.45, 2.75) is 27.3 Å². The van der Waals surface area contributed by atoms with Crippen LogP contribution in [0.3, 0.4) is 0 Å². The van der Waals surface area contributed by atoms with Crippen molar-refractivity contribution in [2.24, 2.45) is 7.05 Å². The van der Waals surface area contributed by atoms with Crippen molar-refractivity contribution in [1.82, 2.24) is 24.9 Å². The Bertz CT molecular complexity index is 1270. The number of furan rings is 1. The van der Waals surface area contributed by atoms with Gasteiger partial charge >= 0.3 is 5.69 Å². The number of aromatic nitrogens is 4. The maximum atomic E-state index is 12.9. The van der Waals surface area contributed by atoms with E-state index in [9.17, 15) is 14.9 Å². The van der Waals surface area contributed by atoms with Gasteiger partial charge in [0.1, 0.15) is 28.6 Å². The molecule has 31 heavy (non-hydrogen) atoms. The zero-order valence-corrected chi connectivity index (χ0v) is 18.1. The average molecular weight is 441 g/mol. The lowest BCUT2D eigenvalue weighted by Crippen LogP contribution is -2.30. The second-order valence-corrected chi connectivity index (χ2v) is 7.53. The van der Waals surface area contributed by atoms with Gasteiger partial charge in [0.25, 0.3) is 5.91 Å². The van der Waals surface area contributed by atoms with E-state index in [0.29, 0.717) is 34.3 Å². The molecule has 0 radical (unpaired) electrons. The molecule has 0 saturated carbocycles. The lowest BCUT2D eigenvalue weighted by Gasteiger charge is -2.11. The van der Waals surface area contributed by atoms with E-state index in [4.69, 9.17) is 16.6 Å². The Hall–Kier alpha value is -3.80. The summed E-state index contributed by atoms with van der Waals surface area (Å²) in [5.41, 5.74) is 2.35. The second kappa shape index (κ2) is 7.47. The highest BCUT2D eigenvalue weighted by molar-refractivity contribution is 7.80. The topological polar surface area (TPSA) is 124 Å². The van der Waals surface area contributed by atoms with Gasteiger partial charge < -0.3 is 9.73 Å². The van der Waals surface area contributed by atoms with Crippen LogP contribution in [0.1, 0.15) is 28.6 Å². The maximum absolute atomic E-state index is 12.9. The summed E-state index contributed by atoms with van der Waals surface area (Å²) in [4.78, 5) is 25.0. The van der Waals surface area contributed by atoms with Crippen molar-refractivity contribution in [2.75, 3.05) is 4.90 Å². The molecule has 1 aliphatic rings. The van der Waals surface area contributed by atoms with Gasteiger partial charge in [0, 0.05) is 19.3 Å². The summed E-state index contributed by atoms with van der Waals surface area (Å²) in [5, 5.41) is 22.8. The van der Waals surface area contributed by atoms with Crippen LogP contribution in [0.4, 0.5) is 11.4 Å². The van der Waals surface area contributed by atoms with Crippen LogP contribution in [0.5, 0.6) is 0 Å². The standard InChI is InChI=1S/C19H19N7O4S/c1-10-16(9-23(4)21-10)25-18(27)15(20-19(25)31)7-13-5-6-14(30-13)8-24-12(3)17(26(28)29)11(2)22-24/h5-7,9H,8H2,1-4H3,(H,20,31). The SMILES string of the molecule is Cc1nn(C)cc1N1C(=O)C(=Cc2ccc(Cn3nc(C)c([N+](=O)[O-])c3C)o2)NC1=S. The molecule has 0 aromatic carbocycles. The van der Waals surface area contributed by atoms with E-state index in [1.165, 1.54) is 9.58 Å². The highest BCUT2D eigenvalue weighted by Crippen LogP contribution is 2.26. The van der Waals surface area contributed by atoms with Gasteiger partial charge in [0.05, 0.1) is 22.8 Å². The van der Waals surface area contributed by atoms with Crippen LogP contribution < -0.4 is 10.2 Å². The Kier molecular flexibility index (Phi) is 4.93. The van der Waals surface area contributed by atoms with E-state index in [1.807, 2.05) is 0 Å². The van der Waals surface area contributed by atoms with Crippen molar-refractivity contribution in [1.29, 1.82) is 0 Å². The normalized spacial score (nSPS) is 15.2. The van der Waals surface area contributed by atoms with E-state index >= 15 is 0 Å². The summed E-state index contributed by atoms with van der Waals surface area (Å²) < 4.78 is 8.92. The van der Waals surface area contributed by atoms with Gasteiger partial charge in [-0.1, -0.05) is 0 Å². The first kappa shape index (κ1) is 20.5. The monoisotopic (exact) mass is 441 g/mol. The fourth-order valence-electron chi connectivity index (χ4n) is 3.51. The molecule has 0 aliphatic carbocycles. The molecule has 1 fully saturated rings. The van der Waals surface area contributed by atoms with Crippen molar-refractivity contribution >= 4 is 40.7 Å². The zero-order chi connectivity index (χ0) is 22.4. The quantitative estimate of drug-likeness (QED) is 0.277. The number of rotatable bonds is 5. The predicted molar refractivity (Wildman–Crippen MR) is 115 cm³/mol. The molecule has 1 saturated heterocycles. The highest BCUT2D eigenvalue weighted by atomic mass is 32.1. The average Bonchev–Trinajstić information content (AvgIpc) is 3.38. The highest BCUT2D eigenvalue weighted by Gasteiger charge is 2.34. The van der Waals surface area contributed by atoms with Crippen LogP contribution in [-0.4, -0.2) is 35.5 Å². The van der Waals surface area contributed by atoms with E-state index in [1.54, 1.807) is 56.9 Å². The minimum Gasteiger partial charge on any atom is -0.460 e. The van der Waals surface area contributed by atoms with Crippen molar-refractivity contribution in [3.8, 4) is 0 Å². The number of nitrogens with one attached hydrogen (secondary N) is 1. The first-order chi connectivity index (χ1) is 14.7. The molecule has 0 bridgehead atoms. The van der Waals surface area contributed by atoms with Gasteiger partial charge in [0.2, 0.25) is 0 Å². The number of anilines is 1. The number of amides is 1. The summed E-state index contributed by atoms with van der Waals surface area (Å²) in [5.74, 6) is 0.669. The first-order valence-electron chi connectivity index (χ1n) is 9.30. The lowest BCUT2D eigenvalue weighted by molar-refractivity contribution is -0.386. The number of hydrogen-bond acceptors (Lipinski definition) is 7. The zero-order valence-electron chi connectivity index (χ0n) is 17.2. The molecule has 0 unspecified atom stereocenters. The number of carbonyl (C=O) groups is 1. The summed E-state index contributed by atoms with van der Waals surface area (Å²) in [7, 11) is 1.77. The molecule has 12 heteroatoms. The van der Waals surface area contributed by atoms with Gasteiger partial charge in [-0.2, -0.15) is 10.2 Å². The molecular formula is C19H19N7O4S. The van der Waals surface area contributed by atoms with E-state index < -0.39 is 4.92 Å². The Morgan fingerprint density at radius 3 is 2.61 bits per heavy atom. The van der Waals surface area contributed by atoms with Crippen LogP contribution >= 0.6 is 12.2 Å². The molecule has 4 heterocycles. The smallest absolute Gasteiger partial charge is 0.312 e. The largest absolute Gasteiger partial charge is 0.460 e. The van der Waals surface area contributed by atoms with E-state index in [2.05, 4.69) is 15.5 Å². The van der Waals surface area contributed by atoms with Gasteiger partial charge in [0.15, 0.2) is 5.11 Å². The Morgan fingerprint density at radius 1 is 1.26 bits per heavy atom. The van der Waals surface area contributed by atoms with Crippen molar-refractivity contribution in [3.05, 3.63) is 62.7 Å². The maximum Gasteiger partial charge on any atom is 0.312 e. The summed E-state index contributed by atoms with van der Waals surface area (Å²) in [6, 6.07) is 3.44.